The Balaban J connectivity index is 2.16. The predicted molar refractivity (Wildman–Crippen MR) is 88.0 cm³/mol. The highest BCUT2D eigenvalue weighted by atomic mass is 32.2. The van der Waals surface area contributed by atoms with Crippen LogP contribution in [0.2, 0.25) is 0 Å². The van der Waals surface area contributed by atoms with Crippen molar-refractivity contribution in [1.82, 2.24) is 9.62 Å². The fraction of sp³-hybridized carbons (Fsp3) is 0.600. The van der Waals surface area contributed by atoms with E-state index in [0.717, 1.165) is 12.0 Å². The molecule has 0 saturated heterocycles. The molecule has 2 heterocycles. The van der Waals surface area contributed by atoms with E-state index in [1.165, 1.54) is 16.9 Å². The van der Waals surface area contributed by atoms with Crippen molar-refractivity contribution in [2.75, 3.05) is 20.1 Å². The average molecular weight is 329 g/mol. The quantitative estimate of drug-likeness (QED) is 0.865. The molecular weight excluding hydrogens is 304 g/mol. The Bertz CT molecular complexity index is 624. The van der Waals surface area contributed by atoms with Crippen molar-refractivity contribution in [2.45, 2.75) is 37.9 Å². The van der Waals surface area contributed by atoms with Gasteiger partial charge in [-0.2, -0.15) is 4.31 Å². The Morgan fingerprint density at radius 1 is 1.38 bits per heavy atom. The van der Waals surface area contributed by atoms with Crippen LogP contribution in [-0.2, 0) is 16.6 Å². The molecule has 0 amide bonds. The zero-order chi connectivity index (χ0) is 15.7. The van der Waals surface area contributed by atoms with Crippen molar-refractivity contribution in [3.63, 3.8) is 0 Å². The Morgan fingerprint density at radius 2 is 2.10 bits per heavy atom. The van der Waals surface area contributed by atoms with Gasteiger partial charge in [0.05, 0.1) is 0 Å². The van der Waals surface area contributed by atoms with Gasteiger partial charge in [-0.3, -0.25) is 0 Å². The molecule has 1 aliphatic rings. The Labute approximate surface area is 131 Å². The van der Waals surface area contributed by atoms with Crippen LogP contribution >= 0.6 is 11.3 Å². The second-order valence-corrected chi connectivity index (χ2v) is 9.47. The normalized spacial score (nSPS) is 17.8. The van der Waals surface area contributed by atoms with Crippen molar-refractivity contribution < 1.29 is 8.42 Å². The first-order valence-corrected chi connectivity index (χ1v) is 9.49. The Morgan fingerprint density at radius 3 is 2.62 bits per heavy atom. The number of thiophene rings is 1. The molecule has 1 aromatic heterocycles. The Hall–Kier alpha value is -0.690. The van der Waals surface area contributed by atoms with E-state index in [-0.39, 0.29) is 5.41 Å². The summed E-state index contributed by atoms with van der Waals surface area (Å²) in [4.78, 5) is 0. The summed E-state index contributed by atoms with van der Waals surface area (Å²) in [6.45, 7) is 8.27. The van der Waals surface area contributed by atoms with Crippen molar-refractivity contribution in [2.24, 2.45) is 5.41 Å². The molecule has 0 fully saturated rings. The van der Waals surface area contributed by atoms with Crippen LogP contribution in [0.5, 0.6) is 0 Å². The first-order chi connectivity index (χ1) is 9.75. The minimum atomic E-state index is -3.35. The number of nitrogens with one attached hydrogen (secondary N) is 1. The zero-order valence-electron chi connectivity index (χ0n) is 13.1. The van der Waals surface area contributed by atoms with Gasteiger partial charge in [0.25, 0.3) is 10.0 Å². The summed E-state index contributed by atoms with van der Waals surface area (Å²) in [5, 5.41) is 4.95. The third-order valence-electron chi connectivity index (χ3n) is 3.74. The van der Waals surface area contributed by atoms with Gasteiger partial charge in [-0.25, -0.2) is 8.42 Å². The molecule has 0 spiro atoms. The van der Waals surface area contributed by atoms with Crippen LogP contribution in [0.3, 0.4) is 0 Å². The molecule has 2 rings (SSSR count). The maximum Gasteiger partial charge on any atom is 0.252 e. The van der Waals surface area contributed by atoms with E-state index in [9.17, 15) is 8.42 Å². The first-order valence-electron chi connectivity index (χ1n) is 7.17. The van der Waals surface area contributed by atoms with Crippen LogP contribution in [0.1, 0.15) is 32.8 Å². The van der Waals surface area contributed by atoms with Gasteiger partial charge in [0.1, 0.15) is 4.21 Å². The molecule has 4 nitrogen and oxygen atoms in total. The monoisotopic (exact) mass is 328 g/mol. The van der Waals surface area contributed by atoms with E-state index < -0.39 is 10.0 Å². The third-order valence-corrected chi connectivity index (χ3v) is 7.07. The maximum absolute atomic E-state index is 12.6. The van der Waals surface area contributed by atoms with Gasteiger partial charge < -0.3 is 5.32 Å². The summed E-state index contributed by atoms with van der Waals surface area (Å²) in [5.41, 5.74) is 2.48. The lowest BCUT2D eigenvalue weighted by molar-refractivity contribution is 0.390. The average Bonchev–Trinajstić information content (AvgIpc) is 2.88. The van der Waals surface area contributed by atoms with Crippen LogP contribution < -0.4 is 5.32 Å². The van der Waals surface area contributed by atoms with Crippen LogP contribution in [0.25, 0.3) is 0 Å². The van der Waals surface area contributed by atoms with E-state index in [2.05, 4.69) is 32.2 Å². The predicted octanol–water partition coefficient (Wildman–Crippen LogP) is 2.83. The standard InChI is InChI=1S/C15H24N2O2S2/c1-15(2,3)13-5-7-17(8-6-13)21(18,19)14-9-12(10-16-4)11-20-14/h5,9,11,16H,6-8,10H2,1-4H3. The minimum Gasteiger partial charge on any atom is -0.316 e. The topological polar surface area (TPSA) is 49.4 Å². The van der Waals surface area contributed by atoms with Gasteiger partial charge in [-0.1, -0.05) is 32.4 Å². The zero-order valence-corrected chi connectivity index (χ0v) is 14.8. The molecule has 118 valence electrons. The highest BCUT2D eigenvalue weighted by Crippen LogP contribution is 2.32. The summed E-state index contributed by atoms with van der Waals surface area (Å²) >= 11 is 1.31. The molecule has 0 aliphatic carbocycles. The van der Waals surface area contributed by atoms with Gasteiger partial charge >= 0.3 is 0 Å². The number of sulfonamides is 1. The molecular formula is C15H24N2O2S2. The fourth-order valence-electron chi connectivity index (χ4n) is 2.46. The second-order valence-electron chi connectivity index (χ2n) is 6.40. The first kappa shape index (κ1) is 16.7. The largest absolute Gasteiger partial charge is 0.316 e. The molecule has 1 N–H and O–H groups in total. The van der Waals surface area contributed by atoms with E-state index >= 15 is 0 Å². The lowest BCUT2D eigenvalue weighted by atomic mass is 9.83. The van der Waals surface area contributed by atoms with Gasteiger partial charge in [0.2, 0.25) is 0 Å². The number of hydrogen-bond donors (Lipinski definition) is 1. The maximum atomic E-state index is 12.6. The molecule has 0 radical (unpaired) electrons. The van der Waals surface area contributed by atoms with Crippen LogP contribution in [0, 0.1) is 5.41 Å². The molecule has 1 aliphatic heterocycles. The smallest absolute Gasteiger partial charge is 0.252 e. The highest BCUT2D eigenvalue weighted by Gasteiger charge is 2.29. The number of nitrogens with zero attached hydrogens (tertiary/aromatic N) is 1. The molecule has 0 atom stereocenters. The van der Waals surface area contributed by atoms with Gasteiger partial charge in [-0.05, 0) is 35.9 Å². The lowest BCUT2D eigenvalue weighted by Crippen LogP contribution is -2.36. The summed E-state index contributed by atoms with van der Waals surface area (Å²) in [7, 11) is -1.49. The Kier molecular flexibility index (Phi) is 4.92. The third kappa shape index (κ3) is 3.74. The van der Waals surface area contributed by atoms with E-state index in [1.807, 2.05) is 12.4 Å². The van der Waals surface area contributed by atoms with E-state index in [4.69, 9.17) is 0 Å². The number of hydrogen-bond acceptors (Lipinski definition) is 4. The SMILES string of the molecule is CNCc1csc(S(=O)(=O)N2CC=C(C(C)(C)C)CC2)c1. The molecule has 0 saturated carbocycles. The fourth-order valence-corrected chi connectivity index (χ4v) is 5.21. The van der Waals surface area contributed by atoms with E-state index in [0.29, 0.717) is 23.8 Å². The van der Waals surface area contributed by atoms with Crippen molar-refractivity contribution >= 4 is 21.4 Å². The highest BCUT2D eigenvalue weighted by molar-refractivity contribution is 7.91. The van der Waals surface area contributed by atoms with Crippen molar-refractivity contribution in [1.29, 1.82) is 0 Å². The molecule has 0 unspecified atom stereocenters. The summed E-state index contributed by atoms with van der Waals surface area (Å²) in [6, 6.07) is 1.78. The molecule has 1 aromatic rings. The number of rotatable bonds is 4. The van der Waals surface area contributed by atoms with Crippen LogP contribution in [0.15, 0.2) is 27.3 Å². The summed E-state index contributed by atoms with van der Waals surface area (Å²) in [5.74, 6) is 0. The van der Waals surface area contributed by atoms with Crippen molar-refractivity contribution in [3.05, 3.63) is 28.7 Å². The van der Waals surface area contributed by atoms with E-state index in [1.54, 1.807) is 10.4 Å². The summed E-state index contributed by atoms with van der Waals surface area (Å²) < 4.78 is 27.3. The van der Waals surface area contributed by atoms with Crippen molar-refractivity contribution in [3.8, 4) is 0 Å². The molecule has 21 heavy (non-hydrogen) atoms. The van der Waals surface area contributed by atoms with Gasteiger partial charge in [0.15, 0.2) is 0 Å². The van der Waals surface area contributed by atoms with Gasteiger partial charge in [-0.15, -0.1) is 11.3 Å². The van der Waals surface area contributed by atoms with Crippen LogP contribution in [-0.4, -0.2) is 32.9 Å². The summed E-state index contributed by atoms with van der Waals surface area (Å²) in [6.07, 6.45) is 2.89. The lowest BCUT2D eigenvalue weighted by Gasteiger charge is -2.31. The van der Waals surface area contributed by atoms with Crippen LogP contribution in [0.4, 0.5) is 0 Å². The molecule has 6 heteroatoms. The second kappa shape index (κ2) is 6.20. The molecule has 0 aromatic carbocycles. The van der Waals surface area contributed by atoms with Gasteiger partial charge in [0, 0.05) is 19.6 Å². The minimum absolute atomic E-state index is 0.124. The molecule has 0 bridgehead atoms.